The number of hydrogen-bond donors (Lipinski definition) is 1. The zero-order valence-corrected chi connectivity index (χ0v) is 23.9. The highest BCUT2D eigenvalue weighted by Gasteiger charge is 2.27. The van der Waals surface area contributed by atoms with Gasteiger partial charge in [-0.1, -0.05) is 30.7 Å². The summed E-state index contributed by atoms with van der Waals surface area (Å²) < 4.78 is 22.7. The minimum atomic E-state index is -0.533. The molecule has 1 amide bonds. The number of benzene rings is 2. The molecule has 0 spiro atoms. The van der Waals surface area contributed by atoms with Gasteiger partial charge in [0.05, 0.1) is 16.7 Å². The number of nitrogens with one attached hydrogen (secondary N) is 1. The average molecular weight is 578 g/mol. The van der Waals surface area contributed by atoms with Crippen LogP contribution in [-0.4, -0.2) is 88.3 Å². The summed E-state index contributed by atoms with van der Waals surface area (Å²) >= 11 is 6.84. The number of hydrogen-bond acceptors (Lipinski definition) is 7. The molecule has 4 heterocycles. The number of amides is 1. The van der Waals surface area contributed by atoms with Crippen molar-refractivity contribution < 1.29 is 13.9 Å². The molecule has 1 N–H and O–H groups in total. The van der Waals surface area contributed by atoms with Crippen molar-refractivity contribution in [2.45, 2.75) is 26.2 Å². The highest BCUT2D eigenvalue weighted by Crippen LogP contribution is 2.42. The lowest BCUT2D eigenvalue weighted by Gasteiger charge is -2.35. The van der Waals surface area contributed by atoms with Gasteiger partial charge < -0.3 is 14.5 Å². The molecule has 0 saturated carbocycles. The number of ether oxygens (including phenoxy) is 1. The van der Waals surface area contributed by atoms with Crippen molar-refractivity contribution in [3.63, 3.8) is 0 Å². The number of anilines is 1. The second kappa shape index (κ2) is 11.6. The van der Waals surface area contributed by atoms with Gasteiger partial charge in [0.15, 0.2) is 5.82 Å². The van der Waals surface area contributed by atoms with Gasteiger partial charge in [-0.25, -0.2) is 4.39 Å². The maximum Gasteiger partial charge on any atom is 0.319 e. The zero-order chi connectivity index (χ0) is 28.5. The van der Waals surface area contributed by atoms with E-state index in [0.29, 0.717) is 49.6 Å². The number of fused-ring (bicyclic) bond motifs is 2. The Morgan fingerprint density at radius 3 is 2.63 bits per heavy atom. The lowest BCUT2D eigenvalue weighted by atomic mass is 9.95. The smallest absolute Gasteiger partial charge is 0.319 e. The van der Waals surface area contributed by atoms with E-state index in [2.05, 4.69) is 26.7 Å². The van der Waals surface area contributed by atoms with Gasteiger partial charge in [0, 0.05) is 54.6 Å². The van der Waals surface area contributed by atoms with Crippen molar-refractivity contribution in [3.8, 4) is 17.1 Å². The van der Waals surface area contributed by atoms with Crippen LogP contribution in [0.3, 0.4) is 0 Å². The van der Waals surface area contributed by atoms with Gasteiger partial charge in [-0.15, -0.1) is 0 Å². The predicted molar refractivity (Wildman–Crippen MR) is 159 cm³/mol. The normalized spacial score (nSPS) is 16.5. The van der Waals surface area contributed by atoms with Gasteiger partial charge in [0.2, 0.25) is 5.91 Å². The molecular formula is C30H33ClFN7O2. The van der Waals surface area contributed by atoms with E-state index in [1.54, 1.807) is 17.2 Å². The van der Waals surface area contributed by atoms with E-state index in [4.69, 9.17) is 21.3 Å². The van der Waals surface area contributed by atoms with Gasteiger partial charge in [-0.05, 0) is 56.6 Å². The number of rotatable bonds is 7. The maximum absolute atomic E-state index is 16.6. The van der Waals surface area contributed by atoms with Gasteiger partial charge in [0.1, 0.15) is 17.9 Å². The van der Waals surface area contributed by atoms with Crippen molar-refractivity contribution in [1.82, 2.24) is 30.0 Å². The van der Waals surface area contributed by atoms with Crippen LogP contribution in [0.25, 0.3) is 32.9 Å². The van der Waals surface area contributed by atoms with Gasteiger partial charge in [-0.3, -0.25) is 14.8 Å². The largest absolute Gasteiger partial charge is 0.462 e. The van der Waals surface area contributed by atoms with Gasteiger partial charge in [0.25, 0.3) is 0 Å². The number of H-pyrrole nitrogens is 1. The molecule has 2 fully saturated rings. The molecule has 41 heavy (non-hydrogen) atoms. The van der Waals surface area contributed by atoms with Crippen LogP contribution in [0.1, 0.15) is 24.8 Å². The molecule has 0 unspecified atom stereocenters. The minimum absolute atomic E-state index is 0.110. The van der Waals surface area contributed by atoms with Crippen LogP contribution in [0.5, 0.6) is 6.01 Å². The Balaban J connectivity index is 1.42. The molecule has 2 aromatic heterocycles. The summed E-state index contributed by atoms with van der Waals surface area (Å²) in [5.74, 6) is -0.102. The van der Waals surface area contributed by atoms with Gasteiger partial charge >= 0.3 is 6.01 Å². The summed E-state index contributed by atoms with van der Waals surface area (Å²) in [5.41, 5.74) is 2.75. The van der Waals surface area contributed by atoms with Crippen molar-refractivity contribution in [2.24, 2.45) is 0 Å². The van der Waals surface area contributed by atoms with Crippen molar-refractivity contribution in [1.29, 1.82) is 0 Å². The number of piperazine rings is 1. The first-order valence-electron chi connectivity index (χ1n) is 14.1. The maximum atomic E-state index is 16.6. The molecule has 214 valence electrons. The summed E-state index contributed by atoms with van der Waals surface area (Å²) in [6.07, 6.45) is 6.64. The minimum Gasteiger partial charge on any atom is -0.462 e. The first-order valence-corrected chi connectivity index (χ1v) is 14.5. The quantitative estimate of drug-likeness (QED) is 0.310. The number of aromatic amines is 1. The Morgan fingerprint density at radius 2 is 1.88 bits per heavy atom. The molecule has 0 atom stereocenters. The third kappa shape index (κ3) is 5.34. The Bertz CT molecular complexity index is 1610. The summed E-state index contributed by atoms with van der Waals surface area (Å²) in [5, 5.41) is 8.65. The van der Waals surface area contributed by atoms with Gasteiger partial charge in [-0.2, -0.15) is 15.1 Å². The van der Waals surface area contributed by atoms with E-state index in [1.165, 1.54) is 25.3 Å². The highest BCUT2D eigenvalue weighted by molar-refractivity contribution is 6.35. The van der Waals surface area contributed by atoms with E-state index >= 15 is 4.39 Å². The van der Waals surface area contributed by atoms with Crippen LogP contribution < -0.4 is 9.64 Å². The molecule has 2 aliphatic heterocycles. The third-order valence-electron chi connectivity index (χ3n) is 8.08. The van der Waals surface area contributed by atoms with Crippen molar-refractivity contribution in [2.75, 3.05) is 57.3 Å². The number of piperidine rings is 1. The fraction of sp³-hybridized carbons (Fsp3) is 0.400. The standard InChI is InChI=1S/C30H33ClFN7O2/c1-3-24(40)38-11-13-39(14-12-38)29-20-17-22(31)26(25-19(2)7-8-23-21(25)18-33-36-23)27(32)28(20)34-30(35-29)41-16-15-37-9-5-4-6-10-37/h3,7-8,17-18H,1,4-6,9-16H2,2H3,(H,33,36). The number of aryl methyl sites for hydroxylation is 1. The molecule has 0 aliphatic carbocycles. The van der Waals surface area contributed by atoms with Crippen molar-refractivity contribution in [3.05, 3.63) is 53.5 Å². The molecule has 6 rings (SSSR count). The van der Waals surface area contributed by atoms with Crippen LogP contribution in [0.4, 0.5) is 10.2 Å². The molecule has 2 aliphatic rings. The van der Waals surface area contributed by atoms with Crippen LogP contribution in [0.15, 0.2) is 37.1 Å². The fourth-order valence-corrected chi connectivity index (χ4v) is 6.16. The van der Waals surface area contributed by atoms with Crippen molar-refractivity contribution >= 4 is 45.1 Å². The lowest BCUT2D eigenvalue weighted by Crippen LogP contribution is -2.48. The average Bonchev–Trinajstić information content (AvgIpc) is 3.47. The van der Waals surface area contributed by atoms with Crippen LogP contribution in [0, 0.1) is 12.7 Å². The number of nitrogens with zero attached hydrogens (tertiary/aromatic N) is 6. The number of carbonyl (C=O) groups is 1. The number of likely N-dealkylation sites (tertiary alicyclic amines) is 1. The number of halogens is 2. The Labute approximate surface area is 242 Å². The molecule has 11 heteroatoms. The summed E-state index contributed by atoms with van der Waals surface area (Å²) in [7, 11) is 0. The van der Waals surface area contributed by atoms with E-state index in [0.717, 1.165) is 36.1 Å². The molecule has 9 nitrogen and oxygen atoms in total. The fourth-order valence-electron chi connectivity index (χ4n) is 5.87. The number of aromatic nitrogens is 4. The molecule has 2 saturated heterocycles. The zero-order valence-electron chi connectivity index (χ0n) is 23.1. The molecule has 2 aromatic carbocycles. The summed E-state index contributed by atoms with van der Waals surface area (Å²) in [6.45, 7) is 10.8. The third-order valence-corrected chi connectivity index (χ3v) is 8.38. The van der Waals surface area contributed by atoms with Crippen LogP contribution >= 0.6 is 11.6 Å². The summed E-state index contributed by atoms with van der Waals surface area (Å²) in [6, 6.07) is 5.70. The predicted octanol–water partition coefficient (Wildman–Crippen LogP) is 4.97. The van der Waals surface area contributed by atoms with E-state index < -0.39 is 5.82 Å². The van der Waals surface area contributed by atoms with Crippen LogP contribution in [0.2, 0.25) is 5.02 Å². The first-order chi connectivity index (χ1) is 19.9. The molecular weight excluding hydrogens is 545 g/mol. The first kappa shape index (κ1) is 27.4. The number of carbonyl (C=O) groups excluding carboxylic acids is 1. The summed E-state index contributed by atoms with van der Waals surface area (Å²) in [4.78, 5) is 27.6. The molecule has 0 radical (unpaired) electrons. The second-order valence-corrected chi connectivity index (χ2v) is 11.0. The molecule has 4 aromatic rings. The Morgan fingerprint density at radius 1 is 1.10 bits per heavy atom. The molecule has 0 bridgehead atoms. The van der Waals surface area contributed by atoms with Crippen LogP contribution in [-0.2, 0) is 4.79 Å². The highest BCUT2D eigenvalue weighted by atomic mass is 35.5. The SMILES string of the molecule is C=CC(=O)N1CCN(c2nc(OCCN3CCCCC3)nc3c(F)c(-c4c(C)ccc5[nH]ncc45)c(Cl)cc23)CC1. The Kier molecular flexibility index (Phi) is 7.77. The Hall–Kier alpha value is -3.76. The topological polar surface area (TPSA) is 90.5 Å². The lowest BCUT2D eigenvalue weighted by molar-refractivity contribution is -0.126. The second-order valence-electron chi connectivity index (χ2n) is 10.6. The van der Waals surface area contributed by atoms with E-state index in [9.17, 15) is 4.79 Å². The monoisotopic (exact) mass is 577 g/mol. The van der Waals surface area contributed by atoms with E-state index in [1.807, 2.05) is 24.0 Å². The van der Waals surface area contributed by atoms with E-state index in [-0.39, 0.29) is 28.0 Å².